The first-order valence-corrected chi connectivity index (χ1v) is 12.0. The molecule has 1 aromatic heterocycles. The summed E-state index contributed by atoms with van der Waals surface area (Å²) in [6, 6.07) is 11.1. The van der Waals surface area contributed by atoms with E-state index in [1.807, 2.05) is 49.6 Å². The van der Waals surface area contributed by atoms with E-state index in [0.29, 0.717) is 58.4 Å². The smallest absolute Gasteiger partial charge is 0.434 e. The van der Waals surface area contributed by atoms with Crippen LogP contribution in [0.2, 0.25) is 0 Å². The molecule has 0 atom stereocenters. The van der Waals surface area contributed by atoms with Gasteiger partial charge >= 0.3 is 6.09 Å². The Morgan fingerprint density at radius 2 is 2.03 bits per heavy atom. The molecule has 0 saturated heterocycles. The maximum Gasteiger partial charge on any atom is 0.434 e. The van der Waals surface area contributed by atoms with Gasteiger partial charge in [0, 0.05) is 23.6 Å². The summed E-state index contributed by atoms with van der Waals surface area (Å²) < 4.78 is 26.8. The average molecular weight is 497 g/mol. The number of carbonyl (C=O) groups is 1. The summed E-state index contributed by atoms with van der Waals surface area (Å²) in [6.07, 6.45) is 1.09. The lowest BCUT2D eigenvalue weighted by Crippen LogP contribution is -2.18. The van der Waals surface area contributed by atoms with Gasteiger partial charge in [-0.25, -0.2) is 9.79 Å². The Kier molecular flexibility index (Phi) is 7.78. The Bertz CT molecular complexity index is 1270. The zero-order valence-electron chi connectivity index (χ0n) is 19.7. The summed E-state index contributed by atoms with van der Waals surface area (Å²) in [5.74, 6) is 2.18. The number of carbonyl (C=O) groups excluding carboxylic acids is 1. The number of fused-ring (bicyclic) bond motifs is 1. The van der Waals surface area contributed by atoms with Crippen LogP contribution >= 0.6 is 11.8 Å². The SMILES string of the molecule is CCOc1cc(C(=Nc2ccc(-c3noc(C)n3)cc2)C(=NC(=O)OC)SC)cc2c1OCOC2. The van der Waals surface area contributed by atoms with Crippen molar-refractivity contribution in [3.8, 4) is 22.9 Å². The van der Waals surface area contributed by atoms with Gasteiger partial charge in [-0.2, -0.15) is 9.98 Å². The quantitative estimate of drug-likeness (QED) is 0.345. The normalized spacial score (nSPS) is 13.7. The van der Waals surface area contributed by atoms with Crippen molar-refractivity contribution in [1.82, 2.24) is 10.1 Å². The monoisotopic (exact) mass is 496 g/mol. The zero-order valence-corrected chi connectivity index (χ0v) is 20.5. The highest BCUT2D eigenvalue weighted by molar-refractivity contribution is 8.15. The molecule has 0 saturated carbocycles. The summed E-state index contributed by atoms with van der Waals surface area (Å²) >= 11 is 1.28. The lowest BCUT2D eigenvalue weighted by atomic mass is 10.0. The molecule has 1 amide bonds. The van der Waals surface area contributed by atoms with E-state index < -0.39 is 6.09 Å². The molecule has 1 aliphatic heterocycles. The van der Waals surface area contributed by atoms with Crippen LogP contribution < -0.4 is 9.47 Å². The number of amides is 1. The van der Waals surface area contributed by atoms with E-state index in [1.165, 1.54) is 18.9 Å². The second-order valence-electron chi connectivity index (χ2n) is 7.24. The standard InChI is InChI=1S/C24H24N4O6S/c1-5-32-19-11-16(10-17-12-31-13-33-21(17)19)20(23(35-4)27-24(29)30-3)26-18-8-6-15(7-9-18)22-25-14(2)34-28-22/h6-11H,5,12-13H2,1-4H3. The van der Waals surface area contributed by atoms with Crippen molar-refractivity contribution in [3.05, 3.63) is 53.4 Å². The van der Waals surface area contributed by atoms with Crippen molar-refractivity contribution in [2.45, 2.75) is 20.5 Å². The molecule has 10 nitrogen and oxygen atoms in total. The minimum absolute atomic E-state index is 0.152. The number of rotatable bonds is 6. The highest BCUT2D eigenvalue weighted by Crippen LogP contribution is 2.37. The van der Waals surface area contributed by atoms with Crippen LogP contribution in [-0.2, 0) is 16.1 Å². The van der Waals surface area contributed by atoms with Crippen LogP contribution in [-0.4, -0.2) is 53.8 Å². The number of aromatic nitrogens is 2. The number of aliphatic imine (C=N–C) groups is 2. The fraction of sp³-hybridized carbons (Fsp3) is 0.292. The van der Waals surface area contributed by atoms with E-state index in [2.05, 4.69) is 15.1 Å². The molecular weight excluding hydrogens is 472 g/mol. The van der Waals surface area contributed by atoms with Gasteiger partial charge in [0.15, 0.2) is 18.3 Å². The van der Waals surface area contributed by atoms with Gasteiger partial charge in [0.2, 0.25) is 11.7 Å². The molecule has 0 spiro atoms. The van der Waals surface area contributed by atoms with Crippen LogP contribution in [0.3, 0.4) is 0 Å². The number of aryl methyl sites for hydroxylation is 1. The Morgan fingerprint density at radius 3 is 2.69 bits per heavy atom. The van der Waals surface area contributed by atoms with Crippen LogP contribution in [0.15, 0.2) is 50.9 Å². The lowest BCUT2D eigenvalue weighted by molar-refractivity contribution is -0.0183. The average Bonchev–Trinajstić information content (AvgIpc) is 3.32. The number of methoxy groups -OCH3 is 1. The van der Waals surface area contributed by atoms with E-state index in [-0.39, 0.29) is 6.79 Å². The molecule has 1 aliphatic rings. The number of nitrogens with zero attached hydrogens (tertiary/aromatic N) is 4. The fourth-order valence-electron chi connectivity index (χ4n) is 3.37. The Hall–Kier alpha value is -3.70. The number of hydrogen-bond acceptors (Lipinski definition) is 10. The Labute approximate surface area is 206 Å². The van der Waals surface area contributed by atoms with Crippen molar-refractivity contribution in [1.29, 1.82) is 0 Å². The highest BCUT2D eigenvalue weighted by atomic mass is 32.2. The molecule has 0 radical (unpaired) electrons. The van der Waals surface area contributed by atoms with Crippen molar-refractivity contribution in [2.24, 2.45) is 9.98 Å². The number of thioether (sulfide) groups is 1. The molecule has 3 aromatic rings. The zero-order chi connectivity index (χ0) is 24.8. The summed E-state index contributed by atoms with van der Waals surface area (Å²) in [5, 5.41) is 4.33. The van der Waals surface area contributed by atoms with Crippen LogP contribution in [0, 0.1) is 6.92 Å². The molecule has 0 bridgehead atoms. The number of hydrogen-bond donors (Lipinski definition) is 0. The number of ether oxygens (including phenoxy) is 4. The van der Waals surface area contributed by atoms with Crippen LogP contribution in [0.5, 0.6) is 11.5 Å². The molecule has 182 valence electrons. The first kappa shape index (κ1) is 24.4. The predicted molar refractivity (Wildman–Crippen MR) is 132 cm³/mol. The van der Waals surface area contributed by atoms with Gasteiger partial charge in [0.05, 0.1) is 26.0 Å². The first-order valence-electron chi connectivity index (χ1n) is 10.7. The van der Waals surface area contributed by atoms with Crippen molar-refractivity contribution >= 4 is 34.3 Å². The second kappa shape index (κ2) is 11.2. The van der Waals surface area contributed by atoms with E-state index >= 15 is 0 Å². The Balaban J connectivity index is 1.82. The maximum atomic E-state index is 12.0. The van der Waals surface area contributed by atoms with Gasteiger partial charge in [-0.1, -0.05) is 5.16 Å². The van der Waals surface area contributed by atoms with Crippen LogP contribution in [0.4, 0.5) is 10.5 Å². The van der Waals surface area contributed by atoms with Crippen LogP contribution in [0.1, 0.15) is 23.9 Å². The van der Waals surface area contributed by atoms with Crippen molar-refractivity contribution in [3.63, 3.8) is 0 Å². The third-order valence-electron chi connectivity index (χ3n) is 4.91. The molecule has 0 fully saturated rings. The summed E-state index contributed by atoms with van der Waals surface area (Å²) in [7, 11) is 1.28. The Morgan fingerprint density at radius 1 is 1.23 bits per heavy atom. The third-order valence-corrected chi connectivity index (χ3v) is 5.58. The van der Waals surface area contributed by atoms with Gasteiger partial charge in [0.25, 0.3) is 0 Å². The molecule has 2 aromatic carbocycles. The molecule has 0 aliphatic carbocycles. The summed E-state index contributed by atoms with van der Waals surface area (Å²) in [6.45, 7) is 4.59. The van der Waals surface area contributed by atoms with E-state index in [4.69, 9.17) is 28.5 Å². The maximum absolute atomic E-state index is 12.0. The third kappa shape index (κ3) is 5.69. The molecule has 35 heavy (non-hydrogen) atoms. The number of benzene rings is 2. The predicted octanol–water partition coefficient (Wildman–Crippen LogP) is 4.96. The van der Waals surface area contributed by atoms with Gasteiger partial charge in [0.1, 0.15) is 10.8 Å². The van der Waals surface area contributed by atoms with Crippen molar-refractivity contribution < 1.29 is 28.3 Å². The van der Waals surface area contributed by atoms with Gasteiger partial charge < -0.3 is 23.5 Å². The minimum Gasteiger partial charge on any atom is -0.490 e. The first-order chi connectivity index (χ1) is 17.0. The molecule has 4 rings (SSSR count). The van der Waals surface area contributed by atoms with E-state index in [9.17, 15) is 4.79 Å². The van der Waals surface area contributed by atoms with Crippen LogP contribution in [0.25, 0.3) is 11.4 Å². The second-order valence-corrected chi connectivity index (χ2v) is 8.04. The molecular formula is C24H24N4O6S. The molecule has 11 heteroatoms. The van der Waals surface area contributed by atoms with E-state index in [1.54, 1.807) is 6.92 Å². The lowest BCUT2D eigenvalue weighted by Gasteiger charge is -2.22. The molecule has 2 heterocycles. The minimum atomic E-state index is -0.723. The van der Waals surface area contributed by atoms with Gasteiger partial charge in [-0.05, 0) is 49.6 Å². The van der Waals surface area contributed by atoms with Gasteiger partial charge in [-0.3, -0.25) is 0 Å². The molecule has 0 N–H and O–H groups in total. The fourth-order valence-corrected chi connectivity index (χ4v) is 3.90. The van der Waals surface area contributed by atoms with Gasteiger partial charge in [-0.15, -0.1) is 11.8 Å². The summed E-state index contributed by atoms with van der Waals surface area (Å²) in [4.78, 5) is 25.2. The molecule has 0 unspecified atom stereocenters. The van der Waals surface area contributed by atoms with Crippen molar-refractivity contribution in [2.75, 3.05) is 26.8 Å². The van der Waals surface area contributed by atoms with E-state index in [0.717, 1.165) is 11.1 Å². The highest BCUT2D eigenvalue weighted by Gasteiger charge is 2.22. The topological polar surface area (TPSA) is 118 Å². The largest absolute Gasteiger partial charge is 0.490 e. The summed E-state index contributed by atoms with van der Waals surface area (Å²) in [5.41, 5.74) is 3.40.